The lowest BCUT2D eigenvalue weighted by atomic mass is 10.3. The van der Waals surface area contributed by atoms with Crippen molar-refractivity contribution in [1.82, 2.24) is 9.97 Å². The predicted octanol–water partition coefficient (Wildman–Crippen LogP) is 1.60. The Morgan fingerprint density at radius 2 is 2.26 bits per heavy atom. The van der Waals surface area contributed by atoms with Crippen molar-refractivity contribution in [2.45, 2.75) is 0 Å². The van der Waals surface area contributed by atoms with Crippen LogP contribution in [0.1, 0.15) is 0 Å². The van der Waals surface area contributed by atoms with Crippen LogP contribution in [0.5, 0.6) is 11.6 Å². The molecule has 0 saturated carbocycles. The first-order valence-corrected chi connectivity index (χ1v) is 5.01. The number of hydrazine groups is 1. The molecular formula is C10H8FN5O3. The van der Waals surface area contributed by atoms with Crippen molar-refractivity contribution in [1.29, 1.82) is 0 Å². The number of hydrogen-bond acceptors (Lipinski definition) is 7. The molecule has 1 heterocycles. The molecule has 8 nitrogen and oxygen atoms in total. The van der Waals surface area contributed by atoms with E-state index in [-0.39, 0.29) is 17.6 Å². The van der Waals surface area contributed by atoms with Gasteiger partial charge in [0.05, 0.1) is 4.92 Å². The molecule has 1 aromatic heterocycles. The maximum atomic E-state index is 13.0. The number of nitrogens with zero attached hydrogens (tertiary/aromatic N) is 3. The van der Waals surface area contributed by atoms with Gasteiger partial charge in [-0.3, -0.25) is 15.5 Å². The quantitative estimate of drug-likeness (QED) is 0.490. The van der Waals surface area contributed by atoms with E-state index in [0.29, 0.717) is 0 Å². The largest absolute Gasteiger partial charge is 0.433 e. The Morgan fingerprint density at radius 1 is 1.47 bits per heavy atom. The summed E-state index contributed by atoms with van der Waals surface area (Å²) in [6.07, 6.45) is 0.941. The molecule has 0 unspecified atom stereocenters. The van der Waals surface area contributed by atoms with Crippen LogP contribution in [0.4, 0.5) is 16.0 Å². The summed E-state index contributed by atoms with van der Waals surface area (Å²) >= 11 is 0. The zero-order valence-corrected chi connectivity index (χ0v) is 9.41. The first-order chi connectivity index (χ1) is 9.10. The average molecular weight is 265 g/mol. The number of nitrogens with two attached hydrogens (primary N) is 1. The van der Waals surface area contributed by atoms with E-state index in [9.17, 15) is 14.5 Å². The number of rotatable bonds is 4. The van der Waals surface area contributed by atoms with Crippen LogP contribution < -0.4 is 16.0 Å². The van der Waals surface area contributed by atoms with Gasteiger partial charge in [-0.2, -0.15) is 4.98 Å². The summed E-state index contributed by atoms with van der Waals surface area (Å²) in [4.78, 5) is 17.4. The number of aromatic nitrogens is 2. The van der Waals surface area contributed by atoms with E-state index in [1.165, 1.54) is 18.2 Å². The summed E-state index contributed by atoms with van der Waals surface area (Å²) in [5, 5.41) is 10.8. The number of ether oxygens (including phenoxy) is 1. The standard InChI is InChI=1S/C10H8FN5O3/c11-6-2-1-3-7(4-6)19-9-8(16(17)18)5-13-10(14-9)15-12/h1-5H,12H2,(H,13,14,15). The predicted molar refractivity (Wildman–Crippen MR) is 63.0 cm³/mol. The van der Waals surface area contributed by atoms with Crippen LogP contribution >= 0.6 is 0 Å². The second-order valence-electron chi connectivity index (χ2n) is 3.34. The summed E-state index contributed by atoms with van der Waals surface area (Å²) in [6.45, 7) is 0. The van der Waals surface area contributed by atoms with Crippen LogP contribution in [0.15, 0.2) is 30.5 Å². The van der Waals surface area contributed by atoms with Crippen molar-refractivity contribution in [2.75, 3.05) is 5.43 Å². The Balaban J connectivity index is 2.39. The maximum Gasteiger partial charge on any atom is 0.349 e. The molecule has 0 aliphatic carbocycles. The van der Waals surface area contributed by atoms with Crippen molar-refractivity contribution in [3.05, 3.63) is 46.4 Å². The first kappa shape index (κ1) is 12.6. The normalized spacial score (nSPS) is 10.0. The van der Waals surface area contributed by atoms with Gasteiger partial charge in [0.15, 0.2) is 0 Å². The van der Waals surface area contributed by atoms with Crippen LogP contribution in [-0.2, 0) is 0 Å². The van der Waals surface area contributed by atoms with Gasteiger partial charge in [0.2, 0.25) is 5.95 Å². The fourth-order valence-electron chi connectivity index (χ4n) is 1.27. The molecule has 98 valence electrons. The molecule has 3 N–H and O–H groups in total. The summed E-state index contributed by atoms with van der Waals surface area (Å²) in [5.74, 6) is 4.25. The fraction of sp³-hybridized carbons (Fsp3) is 0. The molecule has 19 heavy (non-hydrogen) atoms. The molecule has 0 spiro atoms. The van der Waals surface area contributed by atoms with Crippen molar-refractivity contribution in [3.63, 3.8) is 0 Å². The zero-order chi connectivity index (χ0) is 13.8. The molecule has 0 radical (unpaired) electrons. The molecule has 0 saturated heterocycles. The van der Waals surface area contributed by atoms with Crippen molar-refractivity contribution in [2.24, 2.45) is 5.84 Å². The molecule has 0 fully saturated rings. The van der Waals surface area contributed by atoms with Gasteiger partial charge >= 0.3 is 11.6 Å². The summed E-state index contributed by atoms with van der Waals surface area (Å²) < 4.78 is 18.2. The number of nitrogen functional groups attached to an aromatic ring is 1. The van der Waals surface area contributed by atoms with Gasteiger partial charge in [0.1, 0.15) is 17.8 Å². The van der Waals surface area contributed by atoms with E-state index in [1.54, 1.807) is 0 Å². The Morgan fingerprint density at radius 3 is 2.89 bits per heavy atom. The van der Waals surface area contributed by atoms with Crippen molar-refractivity contribution < 1.29 is 14.1 Å². The summed E-state index contributed by atoms with van der Waals surface area (Å²) in [5.41, 5.74) is 1.68. The van der Waals surface area contributed by atoms with Crippen LogP contribution in [0.25, 0.3) is 0 Å². The second-order valence-corrected chi connectivity index (χ2v) is 3.34. The zero-order valence-electron chi connectivity index (χ0n) is 9.41. The highest BCUT2D eigenvalue weighted by atomic mass is 19.1. The van der Waals surface area contributed by atoms with E-state index < -0.39 is 16.4 Å². The molecule has 9 heteroatoms. The Bertz CT molecular complexity index is 622. The maximum absolute atomic E-state index is 13.0. The Kier molecular flexibility index (Phi) is 3.48. The fourth-order valence-corrected chi connectivity index (χ4v) is 1.27. The minimum absolute atomic E-state index is 0.0583. The van der Waals surface area contributed by atoms with Gasteiger partial charge in [-0.15, -0.1) is 0 Å². The minimum Gasteiger partial charge on any atom is -0.433 e. The molecule has 0 atom stereocenters. The minimum atomic E-state index is -0.713. The number of hydrogen-bond donors (Lipinski definition) is 2. The molecule has 0 aliphatic rings. The van der Waals surface area contributed by atoms with Gasteiger partial charge in [-0.1, -0.05) is 6.07 Å². The number of nitro groups is 1. The third-order valence-electron chi connectivity index (χ3n) is 2.07. The average Bonchev–Trinajstić information content (AvgIpc) is 2.38. The topological polar surface area (TPSA) is 116 Å². The van der Waals surface area contributed by atoms with Crippen molar-refractivity contribution in [3.8, 4) is 11.6 Å². The van der Waals surface area contributed by atoms with E-state index in [2.05, 4.69) is 15.4 Å². The molecule has 0 aliphatic heterocycles. The SMILES string of the molecule is NNc1ncc([N+](=O)[O-])c(Oc2cccc(F)c2)n1. The van der Waals surface area contributed by atoms with Gasteiger partial charge in [-0.25, -0.2) is 15.2 Å². The number of anilines is 1. The van der Waals surface area contributed by atoms with E-state index >= 15 is 0 Å². The smallest absolute Gasteiger partial charge is 0.349 e. The molecule has 1 aromatic carbocycles. The highest BCUT2D eigenvalue weighted by Gasteiger charge is 2.19. The Labute approximate surface area is 106 Å². The number of benzene rings is 1. The summed E-state index contributed by atoms with van der Waals surface area (Å²) in [7, 11) is 0. The molecule has 2 aromatic rings. The summed E-state index contributed by atoms with van der Waals surface area (Å²) in [6, 6.07) is 5.12. The molecule has 0 amide bonds. The van der Waals surface area contributed by atoms with Crippen LogP contribution in [0.3, 0.4) is 0 Å². The van der Waals surface area contributed by atoms with Gasteiger partial charge in [0, 0.05) is 6.07 Å². The highest BCUT2D eigenvalue weighted by molar-refractivity contribution is 5.45. The van der Waals surface area contributed by atoms with Crippen LogP contribution in [0, 0.1) is 15.9 Å². The van der Waals surface area contributed by atoms with E-state index in [4.69, 9.17) is 10.6 Å². The third kappa shape index (κ3) is 2.90. The lowest BCUT2D eigenvalue weighted by molar-refractivity contribution is -0.386. The third-order valence-corrected chi connectivity index (χ3v) is 2.07. The molecule has 2 rings (SSSR count). The molecule has 0 bridgehead atoms. The lowest BCUT2D eigenvalue weighted by Crippen LogP contribution is -2.11. The van der Waals surface area contributed by atoms with Crippen LogP contribution in [0.2, 0.25) is 0 Å². The lowest BCUT2D eigenvalue weighted by Gasteiger charge is -2.06. The number of nitrogens with one attached hydrogen (secondary N) is 1. The van der Waals surface area contributed by atoms with Crippen LogP contribution in [-0.4, -0.2) is 14.9 Å². The number of halogens is 1. The van der Waals surface area contributed by atoms with Crippen molar-refractivity contribution >= 4 is 11.6 Å². The Hall–Kier alpha value is -2.81. The second kappa shape index (κ2) is 5.23. The van der Waals surface area contributed by atoms with Gasteiger partial charge < -0.3 is 4.74 Å². The van der Waals surface area contributed by atoms with E-state index in [0.717, 1.165) is 12.3 Å². The highest BCUT2D eigenvalue weighted by Crippen LogP contribution is 2.29. The van der Waals surface area contributed by atoms with E-state index in [1.807, 2.05) is 0 Å². The monoisotopic (exact) mass is 265 g/mol. The molecular weight excluding hydrogens is 257 g/mol. The van der Waals surface area contributed by atoms with Gasteiger partial charge in [-0.05, 0) is 12.1 Å². The first-order valence-electron chi connectivity index (χ1n) is 5.01. The van der Waals surface area contributed by atoms with Gasteiger partial charge in [0.25, 0.3) is 0 Å².